The van der Waals surface area contributed by atoms with Crippen molar-refractivity contribution in [1.82, 2.24) is 0 Å². The number of nitrogen functional groups attached to an aromatic ring is 1. The van der Waals surface area contributed by atoms with Gasteiger partial charge in [0.15, 0.2) is 0 Å². The van der Waals surface area contributed by atoms with Crippen LogP contribution in [-0.4, -0.2) is 20.7 Å². The Morgan fingerprint density at radius 2 is 1.95 bits per heavy atom. The minimum atomic E-state index is -3.79. The van der Waals surface area contributed by atoms with Crippen LogP contribution in [0.2, 0.25) is 0 Å². The SMILES string of the molecule is Nc1cc(F)ccc1S(=O)(=O)N1CCSc2ccccc21. The van der Waals surface area contributed by atoms with Gasteiger partial charge >= 0.3 is 0 Å². The zero-order valence-electron chi connectivity index (χ0n) is 11.0. The first-order valence-corrected chi connectivity index (χ1v) is 8.72. The molecule has 0 spiro atoms. The Hall–Kier alpha value is -1.73. The van der Waals surface area contributed by atoms with Gasteiger partial charge in [0.05, 0.1) is 11.4 Å². The number of para-hydroxylation sites is 1. The summed E-state index contributed by atoms with van der Waals surface area (Å²) in [5.74, 6) is 0.109. The highest BCUT2D eigenvalue weighted by Gasteiger charge is 2.30. The molecule has 0 aromatic heterocycles. The van der Waals surface area contributed by atoms with Crippen molar-refractivity contribution in [1.29, 1.82) is 0 Å². The fourth-order valence-electron chi connectivity index (χ4n) is 2.27. The Morgan fingerprint density at radius 3 is 2.71 bits per heavy atom. The van der Waals surface area contributed by atoms with Gasteiger partial charge in [-0.25, -0.2) is 12.8 Å². The Bertz CT molecular complexity index is 793. The normalized spacial score (nSPS) is 14.8. The maximum atomic E-state index is 13.1. The molecule has 2 aromatic rings. The minimum absolute atomic E-state index is 0.0643. The lowest BCUT2D eigenvalue weighted by atomic mass is 10.3. The molecule has 1 aliphatic rings. The summed E-state index contributed by atoms with van der Waals surface area (Å²) >= 11 is 1.61. The maximum absolute atomic E-state index is 13.1. The molecule has 2 aromatic carbocycles. The van der Waals surface area contributed by atoms with Gasteiger partial charge in [-0.15, -0.1) is 11.8 Å². The van der Waals surface area contributed by atoms with Gasteiger partial charge in [-0.05, 0) is 30.3 Å². The van der Waals surface area contributed by atoms with Gasteiger partial charge in [-0.1, -0.05) is 12.1 Å². The molecule has 110 valence electrons. The average Bonchev–Trinajstić information content (AvgIpc) is 2.46. The lowest BCUT2D eigenvalue weighted by molar-refractivity contribution is 0.591. The predicted molar refractivity (Wildman–Crippen MR) is 82.5 cm³/mol. The second-order valence-corrected chi connectivity index (χ2v) is 7.54. The standard InChI is InChI=1S/C14H13FN2O2S2/c15-10-5-6-14(11(16)9-10)21(18,19)17-7-8-20-13-4-2-1-3-12(13)17/h1-6,9H,7-8,16H2. The number of anilines is 2. The summed E-state index contributed by atoms with van der Waals surface area (Å²) in [5.41, 5.74) is 6.24. The molecule has 0 bridgehead atoms. The van der Waals surface area contributed by atoms with E-state index in [0.29, 0.717) is 18.0 Å². The second-order valence-electron chi connectivity index (χ2n) is 4.58. The summed E-state index contributed by atoms with van der Waals surface area (Å²) in [6.45, 7) is 0.362. The number of nitrogens with zero attached hydrogens (tertiary/aromatic N) is 1. The van der Waals surface area contributed by atoms with Crippen molar-refractivity contribution in [2.24, 2.45) is 0 Å². The fourth-order valence-corrected chi connectivity index (χ4v) is 5.02. The summed E-state index contributed by atoms with van der Waals surface area (Å²) in [6, 6.07) is 10.7. The number of thioether (sulfide) groups is 1. The van der Waals surface area contributed by atoms with E-state index in [9.17, 15) is 12.8 Å². The van der Waals surface area contributed by atoms with Gasteiger partial charge in [0.2, 0.25) is 0 Å². The molecule has 0 unspecified atom stereocenters. The fraction of sp³-hybridized carbons (Fsp3) is 0.143. The van der Waals surface area contributed by atoms with E-state index in [2.05, 4.69) is 0 Å². The zero-order chi connectivity index (χ0) is 15.0. The lowest BCUT2D eigenvalue weighted by Gasteiger charge is -2.30. The van der Waals surface area contributed by atoms with Crippen molar-refractivity contribution in [3.8, 4) is 0 Å². The van der Waals surface area contributed by atoms with Crippen LogP contribution in [0.5, 0.6) is 0 Å². The number of halogens is 1. The highest BCUT2D eigenvalue weighted by Crippen LogP contribution is 2.38. The van der Waals surface area contributed by atoms with Crippen LogP contribution in [-0.2, 0) is 10.0 Å². The zero-order valence-corrected chi connectivity index (χ0v) is 12.6. The number of rotatable bonds is 2. The number of sulfonamides is 1. The van der Waals surface area contributed by atoms with Crippen molar-refractivity contribution in [2.45, 2.75) is 9.79 Å². The van der Waals surface area contributed by atoms with Crippen LogP contribution < -0.4 is 10.0 Å². The summed E-state index contributed by atoms with van der Waals surface area (Å²) < 4.78 is 40.1. The molecule has 0 aliphatic carbocycles. The summed E-state index contributed by atoms with van der Waals surface area (Å²) in [4.78, 5) is 0.846. The van der Waals surface area contributed by atoms with Gasteiger partial charge in [0.25, 0.3) is 10.0 Å². The van der Waals surface area contributed by atoms with E-state index < -0.39 is 15.8 Å². The molecule has 1 heterocycles. The highest BCUT2D eigenvalue weighted by atomic mass is 32.2. The molecule has 0 saturated heterocycles. The smallest absolute Gasteiger partial charge is 0.266 e. The van der Waals surface area contributed by atoms with E-state index in [0.717, 1.165) is 17.0 Å². The van der Waals surface area contributed by atoms with E-state index in [-0.39, 0.29) is 10.6 Å². The van der Waals surface area contributed by atoms with Crippen LogP contribution in [0.1, 0.15) is 0 Å². The average molecular weight is 324 g/mol. The number of hydrogen-bond donors (Lipinski definition) is 1. The summed E-state index contributed by atoms with van der Waals surface area (Å²) in [7, 11) is -3.79. The number of fused-ring (bicyclic) bond motifs is 1. The van der Waals surface area contributed by atoms with Crippen molar-refractivity contribution >= 4 is 33.2 Å². The van der Waals surface area contributed by atoms with Crippen LogP contribution in [0.15, 0.2) is 52.3 Å². The van der Waals surface area contributed by atoms with E-state index in [1.54, 1.807) is 23.9 Å². The molecule has 0 saturated carbocycles. The third-order valence-electron chi connectivity index (χ3n) is 3.23. The first-order chi connectivity index (χ1) is 10.00. The lowest BCUT2D eigenvalue weighted by Crippen LogP contribution is -2.35. The van der Waals surface area contributed by atoms with E-state index in [1.165, 1.54) is 10.4 Å². The molecule has 3 rings (SSSR count). The third kappa shape index (κ3) is 2.47. The van der Waals surface area contributed by atoms with Crippen molar-refractivity contribution in [3.05, 3.63) is 48.3 Å². The molecule has 0 fully saturated rings. The Kier molecular flexibility index (Phi) is 3.54. The number of benzene rings is 2. The minimum Gasteiger partial charge on any atom is -0.398 e. The van der Waals surface area contributed by atoms with Crippen molar-refractivity contribution in [2.75, 3.05) is 22.3 Å². The molecule has 1 aliphatic heterocycles. The molecule has 4 nitrogen and oxygen atoms in total. The van der Waals surface area contributed by atoms with E-state index >= 15 is 0 Å². The van der Waals surface area contributed by atoms with E-state index in [4.69, 9.17) is 5.73 Å². The van der Waals surface area contributed by atoms with Gasteiger partial charge in [0.1, 0.15) is 10.7 Å². The Morgan fingerprint density at radius 1 is 1.19 bits per heavy atom. The number of nitrogens with two attached hydrogens (primary N) is 1. The maximum Gasteiger partial charge on any atom is 0.266 e. The molecule has 0 radical (unpaired) electrons. The predicted octanol–water partition coefficient (Wildman–Crippen LogP) is 2.71. The van der Waals surface area contributed by atoms with Gasteiger partial charge in [-0.3, -0.25) is 4.31 Å². The molecule has 2 N–H and O–H groups in total. The first kappa shape index (κ1) is 14.2. The largest absolute Gasteiger partial charge is 0.398 e. The summed E-state index contributed by atoms with van der Waals surface area (Å²) in [6.07, 6.45) is 0. The molecule has 0 amide bonds. The van der Waals surface area contributed by atoms with Crippen molar-refractivity contribution in [3.63, 3.8) is 0 Å². The van der Waals surface area contributed by atoms with E-state index in [1.807, 2.05) is 12.1 Å². The molecular formula is C14H13FN2O2S2. The van der Waals surface area contributed by atoms with Gasteiger partial charge in [-0.2, -0.15) is 0 Å². The quantitative estimate of drug-likeness (QED) is 0.863. The molecule has 21 heavy (non-hydrogen) atoms. The highest BCUT2D eigenvalue weighted by molar-refractivity contribution is 8.00. The van der Waals surface area contributed by atoms with Crippen LogP contribution >= 0.6 is 11.8 Å². The van der Waals surface area contributed by atoms with Crippen LogP contribution in [0, 0.1) is 5.82 Å². The van der Waals surface area contributed by atoms with Gasteiger partial charge in [0, 0.05) is 17.2 Å². The molecule has 0 atom stereocenters. The topological polar surface area (TPSA) is 63.4 Å². The van der Waals surface area contributed by atoms with Crippen molar-refractivity contribution < 1.29 is 12.8 Å². The summed E-state index contributed by atoms with van der Waals surface area (Å²) in [5, 5.41) is 0. The third-order valence-corrected chi connectivity index (χ3v) is 6.16. The van der Waals surface area contributed by atoms with Crippen LogP contribution in [0.25, 0.3) is 0 Å². The molecular weight excluding hydrogens is 311 g/mol. The Labute approximate surface area is 126 Å². The Balaban J connectivity index is 2.12. The monoisotopic (exact) mass is 324 g/mol. The second kappa shape index (κ2) is 5.23. The number of hydrogen-bond acceptors (Lipinski definition) is 4. The van der Waals surface area contributed by atoms with Crippen LogP contribution in [0.3, 0.4) is 0 Å². The first-order valence-electron chi connectivity index (χ1n) is 6.30. The van der Waals surface area contributed by atoms with Crippen LogP contribution in [0.4, 0.5) is 15.8 Å². The van der Waals surface area contributed by atoms with Gasteiger partial charge < -0.3 is 5.73 Å². The molecule has 7 heteroatoms.